The maximum Gasteiger partial charge on any atom is 0.240 e. The van der Waals surface area contributed by atoms with Gasteiger partial charge in [0.15, 0.2) is 5.94 Å². The van der Waals surface area contributed by atoms with Gasteiger partial charge in [-0.2, -0.15) is 0 Å². The van der Waals surface area contributed by atoms with Crippen molar-refractivity contribution in [2.24, 2.45) is 0 Å². The zero-order valence-corrected chi connectivity index (χ0v) is 12.1. The summed E-state index contributed by atoms with van der Waals surface area (Å²) in [5, 5.41) is 0. The Kier molecular flexibility index (Phi) is 9.66. The predicted octanol–water partition coefficient (Wildman–Crippen LogP) is 3.09. The summed E-state index contributed by atoms with van der Waals surface area (Å²) in [5.41, 5.74) is 0. The molecule has 0 rings (SSSR count). The first-order valence-electron chi connectivity index (χ1n) is 6.86. The summed E-state index contributed by atoms with van der Waals surface area (Å²) in [6, 6.07) is 0. The Morgan fingerprint density at radius 1 is 1.00 bits per heavy atom. The quantitative estimate of drug-likeness (QED) is 0.247. The van der Waals surface area contributed by atoms with Gasteiger partial charge in [-0.15, -0.1) is 0 Å². The molecule has 0 N–H and O–H groups in total. The van der Waals surface area contributed by atoms with Gasteiger partial charge in [-0.1, -0.05) is 19.8 Å². The van der Waals surface area contributed by atoms with Crippen molar-refractivity contribution in [3.8, 4) is 0 Å². The molecule has 0 fully saturated rings. The van der Waals surface area contributed by atoms with Gasteiger partial charge in [-0.25, -0.2) is 4.79 Å². The molecule has 0 aliphatic rings. The topological polar surface area (TPSA) is 44.8 Å². The van der Waals surface area contributed by atoms with Crippen molar-refractivity contribution in [2.45, 2.75) is 59.2 Å². The third kappa shape index (κ3) is 5.21. The molecule has 0 atom stereocenters. The van der Waals surface area contributed by atoms with Crippen LogP contribution in [0.3, 0.4) is 0 Å². The second kappa shape index (κ2) is 10.1. The second-order valence-electron chi connectivity index (χ2n) is 3.94. The molecule has 0 unspecified atom stereocenters. The normalized spacial score (nSPS) is 11.1. The summed E-state index contributed by atoms with van der Waals surface area (Å²) in [7, 11) is 0. The molecule has 4 nitrogen and oxygen atoms in total. The average Bonchev–Trinajstić information content (AvgIpc) is 2.36. The van der Waals surface area contributed by atoms with Gasteiger partial charge in [-0.05, 0) is 27.2 Å². The standard InChI is InChI=1S/C14H26O4/c1-5-9-10-11-14(17-7-3,18-8-4)13(12-15)16-6-2/h5-11H2,1-4H3. The van der Waals surface area contributed by atoms with Gasteiger partial charge in [0.1, 0.15) is 0 Å². The Balaban J connectivity index is 4.97. The van der Waals surface area contributed by atoms with Gasteiger partial charge in [0.05, 0.1) is 6.61 Å². The van der Waals surface area contributed by atoms with Crippen LogP contribution in [0.25, 0.3) is 0 Å². The number of carbonyl (C=O) groups excluding carboxylic acids is 1. The van der Waals surface area contributed by atoms with Crippen molar-refractivity contribution >= 4 is 5.94 Å². The van der Waals surface area contributed by atoms with Crippen LogP contribution in [0, 0.1) is 0 Å². The number of hydrogen-bond donors (Lipinski definition) is 0. The van der Waals surface area contributed by atoms with Crippen molar-refractivity contribution < 1.29 is 19.0 Å². The van der Waals surface area contributed by atoms with E-state index < -0.39 is 5.79 Å². The van der Waals surface area contributed by atoms with E-state index in [1.807, 2.05) is 26.7 Å². The molecule has 0 aromatic heterocycles. The monoisotopic (exact) mass is 258 g/mol. The fraction of sp³-hybridized carbons (Fsp3) is 0.857. The Morgan fingerprint density at radius 2 is 1.61 bits per heavy atom. The van der Waals surface area contributed by atoms with E-state index in [1.54, 1.807) is 0 Å². The lowest BCUT2D eigenvalue weighted by Gasteiger charge is -2.32. The summed E-state index contributed by atoms with van der Waals surface area (Å²) in [4.78, 5) is 11.1. The summed E-state index contributed by atoms with van der Waals surface area (Å²) < 4.78 is 16.7. The molecule has 0 amide bonds. The van der Waals surface area contributed by atoms with Crippen LogP contribution in [0.5, 0.6) is 0 Å². The molecule has 0 aliphatic heterocycles. The Hall–Kier alpha value is -0.830. The third-order valence-corrected chi connectivity index (χ3v) is 2.59. The maximum absolute atomic E-state index is 11.1. The second-order valence-corrected chi connectivity index (χ2v) is 3.94. The van der Waals surface area contributed by atoms with Crippen molar-refractivity contribution in [1.82, 2.24) is 0 Å². The summed E-state index contributed by atoms with van der Waals surface area (Å²) >= 11 is 0. The number of rotatable bonds is 11. The molecule has 0 heterocycles. The molecule has 18 heavy (non-hydrogen) atoms. The van der Waals surface area contributed by atoms with E-state index in [0.717, 1.165) is 19.3 Å². The molecule has 0 aromatic carbocycles. The Morgan fingerprint density at radius 3 is 2.00 bits per heavy atom. The van der Waals surface area contributed by atoms with E-state index >= 15 is 0 Å². The van der Waals surface area contributed by atoms with E-state index in [0.29, 0.717) is 26.2 Å². The number of unbranched alkanes of at least 4 members (excludes halogenated alkanes) is 2. The van der Waals surface area contributed by atoms with Gasteiger partial charge in [-0.3, -0.25) is 0 Å². The van der Waals surface area contributed by atoms with E-state index in [4.69, 9.17) is 14.2 Å². The molecule has 0 aliphatic carbocycles. The highest BCUT2D eigenvalue weighted by atomic mass is 16.7. The van der Waals surface area contributed by atoms with Crippen LogP contribution in [0.2, 0.25) is 0 Å². The van der Waals surface area contributed by atoms with Crippen LogP contribution < -0.4 is 0 Å². The van der Waals surface area contributed by atoms with Crippen LogP contribution in [-0.4, -0.2) is 31.5 Å². The molecular formula is C14H26O4. The van der Waals surface area contributed by atoms with E-state index in [-0.39, 0.29) is 5.76 Å². The average molecular weight is 258 g/mol. The summed E-state index contributed by atoms with van der Waals surface area (Å²) in [6.07, 6.45) is 3.71. The fourth-order valence-electron chi connectivity index (χ4n) is 1.87. The third-order valence-electron chi connectivity index (χ3n) is 2.59. The highest BCUT2D eigenvalue weighted by Crippen LogP contribution is 2.29. The van der Waals surface area contributed by atoms with E-state index in [9.17, 15) is 4.79 Å². The number of ether oxygens (including phenoxy) is 3. The lowest BCUT2D eigenvalue weighted by Crippen LogP contribution is -2.40. The molecule has 0 bridgehead atoms. The molecular weight excluding hydrogens is 232 g/mol. The zero-order chi connectivity index (χ0) is 13.9. The minimum absolute atomic E-state index is 0.129. The fourth-order valence-corrected chi connectivity index (χ4v) is 1.87. The van der Waals surface area contributed by atoms with Gasteiger partial charge in [0.25, 0.3) is 0 Å². The van der Waals surface area contributed by atoms with Crippen LogP contribution in [0.15, 0.2) is 5.76 Å². The van der Waals surface area contributed by atoms with E-state index in [2.05, 4.69) is 6.92 Å². The van der Waals surface area contributed by atoms with Gasteiger partial charge >= 0.3 is 0 Å². The summed E-state index contributed by atoms with van der Waals surface area (Å²) in [6.45, 7) is 9.03. The molecule has 4 heteroatoms. The predicted molar refractivity (Wildman–Crippen MR) is 71.0 cm³/mol. The van der Waals surface area contributed by atoms with Gasteiger partial charge in [0, 0.05) is 19.6 Å². The largest absolute Gasteiger partial charge is 0.483 e. The van der Waals surface area contributed by atoms with Gasteiger partial charge in [0.2, 0.25) is 11.5 Å². The maximum atomic E-state index is 11.1. The minimum atomic E-state index is -1.06. The Labute approximate surface area is 110 Å². The smallest absolute Gasteiger partial charge is 0.240 e. The molecule has 0 aromatic rings. The van der Waals surface area contributed by atoms with Crippen molar-refractivity contribution in [3.05, 3.63) is 5.76 Å². The van der Waals surface area contributed by atoms with Crippen molar-refractivity contribution in [3.63, 3.8) is 0 Å². The van der Waals surface area contributed by atoms with E-state index in [1.165, 1.54) is 0 Å². The lowest BCUT2D eigenvalue weighted by atomic mass is 10.1. The molecule has 0 spiro atoms. The zero-order valence-electron chi connectivity index (χ0n) is 12.1. The first-order chi connectivity index (χ1) is 8.70. The first-order valence-corrected chi connectivity index (χ1v) is 6.86. The molecule has 0 saturated heterocycles. The number of hydrogen-bond acceptors (Lipinski definition) is 4. The van der Waals surface area contributed by atoms with Crippen molar-refractivity contribution in [1.29, 1.82) is 0 Å². The molecule has 106 valence electrons. The van der Waals surface area contributed by atoms with Crippen LogP contribution in [0.4, 0.5) is 0 Å². The highest BCUT2D eigenvalue weighted by Gasteiger charge is 2.38. The van der Waals surface area contributed by atoms with Crippen molar-refractivity contribution in [2.75, 3.05) is 19.8 Å². The minimum Gasteiger partial charge on any atom is -0.483 e. The molecule has 0 radical (unpaired) electrons. The molecule has 0 saturated carbocycles. The van der Waals surface area contributed by atoms with Crippen LogP contribution in [0.1, 0.15) is 53.4 Å². The SMILES string of the molecule is CCCCCC(OCC)(OCC)C(=C=O)OCC. The van der Waals surface area contributed by atoms with Crippen LogP contribution >= 0.6 is 0 Å². The Bertz CT molecular complexity index is 251. The first kappa shape index (κ1) is 17.2. The van der Waals surface area contributed by atoms with Gasteiger partial charge < -0.3 is 14.2 Å². The van der Waals surface area contributed by atoms with Crippen LogP contribution in [-0.2, 0) is 19.0 Å². The summed E-state index contributed by atoms with van der Waals surface area (Å²) in [5.74, 6) is 0.905. The highest BCUT2D eigenvalue weighted by molar-refractivity contribution is 5.52. The lowest BCUT2D eigenvalue weighted by molar-refractivity contribution is -0.231.